The predicted octanol–water partition coefficient (Wildman–Crippen LogP) is 2.39. The highest BCUT2D eigenvalue weighted by atomic mass is 79.9. The summed E-state index contributed by atoms with van der Waals surface area (Å²) in [4.78, 5) is 0. The maximum atomic E-state index is 12.2. The summed E-state index contributed by atoms with van der Waals surface area (Å²) in [7, 11) is -3.05. The third kappa shape index (κ3) is 3.20. The highest BCUT2D eigenvalue weighted by Crippen LogP contribution is 2.36. The van der Waals surface area contributed by atoms with Crippen molar-refractivity contribution in [2.24, 2.45) is 5.41 Å². The molecule has 0 spiro atoms. The van der Waals surface area contributed by atoms with E-state index in [0.29, 0.717) is 13.2 Å². The van der Waals surface area contributed by atoms with Gasteiger partial charge in [0.15, 0.2) is 9.84 Å². The van der Waals surface area contributed by atoms with E-state index in [9.17, 15) is 8.42 Å². The molecule has 0 bridgehead atoms. The van der Waals surface area contributed by atoms with E-state index >= 15 is 0 Å². The van der Waals surface area contributed by atoms with Crippen LogP contribution in [0.25, 0.3) is 0 Å². The number of rotatable bonds is 3. The summed E-state index contributed by atoms with van der Waals surface area (Å²) in [6.07, 6.45) is 1.65. The van der Waals surface area contributed by atoms with Crippen LogP contribution in [0.2, 0.25) is 0 Å². The van der Waals surface area contributed by atoms with Gasteiger partial charge in [-0.05, 0) is 39.0 Å². The van der Waals surface area contributed by atoms with Gasteiger partial charge >= 0.3 is 0 Å². The van der Waals surface area contributed by atoms with Gasteiger partial charge in [0.1, 0.15) is 0 Å². The number of hydrogen-bond donors (Lipinski definition) is 0. The Hall–Kier alpha value is 0.390. The second kappa shape index (κ2) is 4.94. The fraction of sp³-hybridized carbons (Fsp3) is 1.00. The zero-order chi connectivity index (χ0) is 12.4. The van der Waals surface area contributed by atoms with Gasteiger partial charge in [0.05, 0.1) is 10.5 Å². The van der Waals surface area contributed by atoms with Crippen LogP contribution in [0, 0.1) is 5.41 Å². The smallest absolute Gasteiger partial charge is 0.155 e. The fourth-order valence-electron chi connectivity index (χ4n) is 1.74. The van der Waals surface area contributed by atoms with Crippen molar-refractivity contribution in [2.45, 2.75) is 38.4 Å². The van der Waals surface area contributed by atoms with Crippen molar-refractivity contribution in [2.75, 3.05) is 24.3 Å². The summed E-state index contributed by atoms with van der Waals surface area (Å²) in [6, 6.07) is 0. The summed E-state index contributed by atoms with van der Waals surface area (Å²) in [5.74, 6) is 0.262. The molecular formula is C11H21BrO3S. The average Bonchev–Trinajstić information content (AvgIpc) is 2.17. The van der Waals surface area contributed by atoms with Crippen molar-refractivity contribution in [1.29, 1.82) is 0 Å². The molecule has 1 aliphatic heterocycles. The van der Waals surface area contributed by atoms with Gasteiger partial charge < -0.3 is 4.74 Å². The minimum absolute atomic E-state index is 0.135. The molecule has 0 aliphatic carbocycles. The first-order valence-corrected chi connectivity index (χ1v) is 8.36. The predicted molar refractivity (Wildman–Crippen MR) is 69.8 cm³/mol. The second-order valence-electron chi connectivity index (χ2n) is 5.62. The maximum absolute atomic E-state index is 12.2. The Morgan fingerprint density at radius 2 is 1.75 bits per heavy atom. The van der Waals surface area contributed by atoms with E-state index in [1.54, 1.807) is 20.8 Å². The Labute approximate surface area is 107 Å². The van der Waals surface area contributed by atoms with Gasteiger partial charge in [-0.2, -0.15) is 0 Å². The molecule has 0 radical (unpaired) electrons. The van der Waals surface area contributed by atoms with Gasteiger partial charge in [0.2, 0.25) is 0 Å². The van der Waals surface area contributed by atoms with Gasteiger partial charge in [-0.1, -0.05) is 15.9 Å². The first kappa shape index (κ1) is 14.5. The Morgan fingerprint density at radius 1 is 1.25 bits per heavy atom. The first-order chi connectivity index (χ1) is 7.22. The number of alkyl halides is 1. The van der Waals surface area contributed by atoms with E-state index in [1.165, 1.54) is 0 Å². The maximum Gasteiger partial charge on any atom is 0.155 e. The normalized spacial score (nSPS) is 22.0. The van der Waals surface area contributed by atoms with Crippen LogP contribution in [0.15, 0.2) is 0 Å². The molecule has 0 atom stereocenters. The van der Waals surface area contributed by atoms with Gasteiger partial charge in [-0.15, -0.1) is 0 Å². The SMILES string of the molecule is CC(C)(C)S(=O)(=O)CC1(CBr)CCOCC1. The van der Waals surface area contributed by atoms with Crippen LogP contribution in [-0.2, 0) is 14.6 Å². The largest absolute Gasteiger partial charge is 0.381 e. The van der Waals surface area contributed by atoms with Crippen molar-refractivity contribution in [3.05, 3.63) is 0 Å². The van der Waals surface area contributed by atoms with Gasteiger partial charge in [-0.25, -0.2) is 8.42 Å². The van der Waals surface area contributed by atoms with E-state index in [2.05, 4.69) is 15.9 Å². The highest BCUT2D eigenvalue weighted by Gasteiger charge is 2.40. The van der Waals surface area contributed by atoms with E-state index in [4.69, 9.17) is 4.74 Å². The van der Waals surface area contributed by atoms with Crippen LogP contribution in [-0.4, -0.2) is 37.5 Å². The van der Waals surface area contributed by atoms with E-state index < -0.39 is 14.6 Å². The molecule has 0 aromatic rings. The van der Waals surface area contributed by atoms with Crippen LogP contribution in [0.3, 0.4) is 0 Å². The van der Waals surface area contributed by atoms with Crippen molar-refractivity contribution >= 4 is 25.8 Å². The summed E-state index contributed by atoms with van der Waals surface area (Å²) in [5, 5.41) is 0.735. The van der Waals surface area contributed by atoms with E-state index in [1.807, 2.05) is 0 Å². The van der Waals surface area contributed by atoms with Crippen LogP contribution >= 0.6 is 15.9 Å². The number of hydrogen-bond acceptors (Lipinski definition) is 3. The topological polar surface area (TPSA) is 43.4 Å². The lowest BCUT2D eigenvalue weighted by Gasteiger charge is -2.37. The molecule has 1 aliphatic rings. The molecule has 1 fully saturated rings. The fourth-order valence-corrected chi connectivity index (χ4v) is 4.39. The quantitative estimate of drug-likeness (QED) is 0.752. The Bertz CT molecular complexity index is 324. The zero-order valence-corrected chi connectivity index (χ0v) is 12.7. The minimum atomic E-state index is -3.05. The molecule has 0 saturated carbocycles. The van der Waals surface area contributed by atoms with Crippen LogP contribution < -0.4 is 0 Å². The number of halogens is 1. The molecular weight excluding hydrogens is 292 g/mol. The molecule has 1 heterocycles. The molecule has 1 rings (SSSR count). The summed E-state index contributed by atoms with van der Waals surface area (Å²) in [5.41, 5.74) is -0.135. The number of ether oxygens (including phenoxy) is 1. The molecule has 0 unspecified atom stereocenters. The summed E-state index contributed by atoms with van der Waals surface area (Å²) >= 11 is 3.47. The third-order valence-corrected chi connectivity index (χ3v) is 7.31. The van der Waals surface area contributed by atoms with Gasteiger partial charge in [-0.3, -0.25) is 0 Å². The molecule has 0 amide bonds. The monoisotopic (exact) mass is 312 g/mol. The lowest BCUT2D eigenvalue weighted by molar-refractivity contribution is 0.0366. The minimum Gasteiger partial charge on any atom is -0.381 e. The second-order valence-corrected chi connectivity index (χ2v) is 8.92. The van der Waals surface area contributed by atoms with Crippen LogP contribution in [0.5, 0.6) is 0 Å². The third-order valence-electron chi connectivity index (χ3n) is 3.27. The Balaban J connectivity index is 2.85. The summed E-state index contributed by atoms with van der Waals surface area (Å²) in [6.45, 7) is 6.65. The van der Waals surface area contributed by atoms with E-state index in [-0.39, 0.29) is 11.2 Å². The highest BCUT2D eigenvalue weighted by molar-refractivity contribution is 9.09. The van der Waals surface area contributed by atoms with Gasteiger partial charge in [0.25, 0.3) is 0 Å². The Kier molecular flexibility index (Phi) is 4.46. The molecule has 0 N–H and O–H groups in total. The molecule has 96 valence electrons. The zero-order valence-electron chi connectivity index (χ0n) is 10.3. The van der Waals surface area contributed by atoms with Crippen molar-refractivity contribution < 1.29 is 13.2 Å². The molecule has 5 heteroatoms. The van der Waals surface area contributed by atoms with Crippen molar-refractivity contribution in [1.82, 2.24) is 0 Å². The lowest BCUT2D eigenvalue weighted by Crippen LogP contribution is -2.42. The average molecular weight is 313 g/mol. The number of sulfone groups is 1. The summed E-state index contributed by atoms with van der Waals surface area (Å²) < 4.78 is 29.1. The molecule has 1 saturated heterocycles. The van der Waals surface area contributed by atoms with Gasteiger partial charge in [0, 0.05) is 18.5 Å². The lowest BCUT2D eigenvalue weighted by atomic mass is 9.84. The molecule has 0 aromatic carbocycles. The van der Waals surface area contributed by atoms with Crippen molar-refractivity contribution in [3.63, 3.8) is 0 Å². The first-order valence-electron chi connectivity index (χ1n) is 5.58. The van der Waals surface area contributed by atoms with Crippen LogP contribution in [0.1, 0.15) is 33.6 Å². The molecule has 3 nitrogen and oxygen atoms in total. The van der Waals surface area contributed by atoms with E-state index in [0.717, 1.165) is 18.2 Å². The molecule has 0 aromatic heterocycles. The standard InChI is InChI=1S/C11H21BrO3S/c1-10(2,3)16(13,14)9-11(8-12)4-6-15-7-5-11/h4-9H2,1-3H3. The molecule has 16 heavy (non-hydrogen) atoms. The van der Waals surface area contributed by atoms with Crippen molar-refractivity contribution in [3.8, 4) is 0 Å². The Morgan fingerprint density at radius 3 is 2.12 bits per heavy atom. The van der Waals surface area contributed by atoms with Crippen LogP contribution in [0.4, 0.5) is 0 Å².